The molecule has 13 heteroatoms. The van der Waals surface area contributed by atoms with Gasteiger partial charge in [-0.05, 0) is 17.7 Å². The van der Waals surface area contributed by atoms with Gasteiger partial charge in [-0.15, -0.1) is 0 Å². The molecule has 160 valence electrons. The Morgan fingerprint density at radius 3 is 2.55 bits per heavy atom. The van der Waals surface area contributed by atoms with Gasteiger partial charge in [-0.3, -0.25) is 9.87 Å². The molecule has 1 atom stereocenters. The molecule has 2 heterocycles. The predicted octanol–water partition coefficient (Wildman–Crippen LogP) is 0.383. The van der Waals surface area contributed by atoms with Gasteiger partial charge in [0.1, 0.15) is 29.3 Å². The van der Waals surface area contributed by atoms with E-state index in [4.69, 9.17) is 21.3 Å². The van der Waals surface area contributed by atoms with Crippen molar-refractivity contribution in [3.8, 4) is 12.3 Å². The maximum absolute atomic E-state index is 11.0. The molecule has 0 radical (unpaired) electrons. The lowest BCUT2D eigenvalue weighted by Crippen LogP contribution is -2.32. The normalized spacial score (nSPS) is 15.0. The zero-order chi connectivity index (χ0) is 22.8. The fourth-order valence-corrected chi connectivity index (χ4v) is 3.62. The minimum absolute atomic E-state index is 0.0407. The van der Waals surface area contributed by atoms with Crippen molar-refractivity contribution >= 4 is 39.1 Å². The topological polar surface area (TPSA) is 207 Å². The standard InChI is InChI=1S/C18H19N9O3S/c1-27(6-7-31(28,29)30)11-4-2-10(3-5-11)15-13-14(21)12(8-19)16(22)25-17(13)26-18(24-15)23-9-20/h2-5,15H,6-7H2,1H3,(H,28,29,30)(H6,21,22,23,24,25,26). The Balaban J connectivity index is 2.00. The fraction of sp³-hybridized carbons (Fsp3) is 0.222. The summed E-state index contributed by atoms with van der Waals surface area (Å²) in [4.78, 5) is 10.3. The minimum Gasteiger partial charge on any atom is -0.397 e. The van der Waals surface area contributed by atoms with Gasteiger partial charge in [0, 0.05) is 24.8 Å². The Morgan fingerprint density at radius 1 is 1.29 bits per heavy atom. The molecule has 0 saturated carbocycles. The maximum atomic E-state index is 11.0. The van der Waals surface area contributed by atoms with E-state index in [1.807, 2.05) is 6.07 Å². The number of benzene rings is 1. The molecule has 0 spiro atoms. The number of nitrogens with zero attached hydrogens (tertiary/aromatic N) is 5. The highest BCUT2D eigenvalue weighted by Crippen LogP contribution is 2.40. The minimum atomic E-state index is -4.07. The molecular weight excluding hydrogens is 422 g/mol. The van der Waals surface area contributed by atoms with Gasteiger partial charge in [0.2, 0.25) is 5.96 Å². The number of guanidine groups is 1. The summed E-state index contributed by atoms with van der Waals surface area (Å²) in [5.41, 5.74) is 14.0. The number of hydrogen-bond donors (Lipinski definition) is 5. The molecule has 1 aromatic carbocycles. The van der Waals surface area contributed by atoms with Crippen molar-refractivity contribution in [3.05, 3.63) is 41.0 Å². The van der Waals surface area contributed by atoms with Gasteiger partial charge in [-0.1, -0.05) is 12.1 Å². The van der Waals surface area contributed by atoms with E-state index in [1.54, 1.807) is 42.4 Å². The lowest BCUT2D eigenvalue weighted by atomic mass is 9.95. The number of pyridine rings is 1. The number of fused-ring (bicyclic) bond motifs is 1. The lowest BCUT2D eigenvalue weighted by molar-refractivity contribution is 0.483. The summed E-state index contributed by atoms with van der Waals surface area (Å²) in [7, 11) is -2.38. The van der Waals surface area contributed by atoms with Crippen molar-refractivity contribution in [2.45, 2.75) is 6.04 Å². The van der Waals surface area contributed by atoms with E-state index < -0.39 is 21.9 Å². The van der Waals surface area contributed by atoms with Crippen LogP contribution < -0.4 is 27.0 Å². The summed E-state index contributed by atoms with van der Waals surface area (Å²) < 4.78 is 30.9. The molecule has 31 heavy (non-hydrogen) atoms. The molecule has 12 nitrogen and oxygen atoms in total. The van der Waals surface area contributed by atoms with Crippen LogP contribution >= 0.6 is 0 Å². The SMILES string of the molecule is CN(CCS(=O)(=O)O)c1ccc(C2N=C(NC#N)Nc3nc(N)c(C#N)c(N)c32)cc1. The Morgan fingerprint density at radius 2 is 1.97 bits per heavy atom. The summed E-state index contributed by atoms with van der Waals surface area (Å²) in [5.74, 6) is -0.0218. The van der Waals surface area contributed by atoms with Gasteiger partial charge >= 0.3 is 0 Å². The number of nitrogen functional groups attached to an aromatic ring is 2. The molecule has 0 saturated heterocycles. The van der Waals surface area contributed by atoms with Crippen LogP contribution in [0.25, 0.3) is 0 Å². The third-order valence-corrected chi connectivity index (χ3v) is 5.39. The first-order chi connectivity index (χ1) is 14.6. The average Bonchev–Trinajstić information content (AvgIpc) is 2.71. The molecule has 0 fully saturated rings. The van der Waals surface area contributed by atoms with Crippen molar-refractivity contribution in [2.24, 2.45) is 4.99 Å². The van der Waals surface area contributed by atoms with Crippen molar-refractivity contribution in [1.82, 2.24) is 10.3 Å². The number of nitrogens with two attached hydrogens (primary N) is 2. The molecule has 1 aromatic heterocycles. The van der Waals surface area contributed by atoms with E-state index in [0.29, 0.717) is 16.8 Å². The van der Waals surface area contributed by atoms with Crippen molar-refractivity contribution in [1.29, 1.82) is 10.5 Å². The van der Waals surface area contributed by atoms with Crippen LogP contribution in [0.5, 0.6) is 0 Å². The van der Waals surface area contributed by atoms with Crippen molar-refractivity contribution < 1.29 is 13.0 Å². The fourth-order valence-electron chi connectivity index (χ4n) is 3.11. The highest BCUT2D eigenvalue weighted by Gasteiger charge is 2.29. The van der Waals surface area contributed by atoms with E-state index in [2.05, 4.69) is 20.6 Å². The predicted molar refractivity (Wildman–Crippen MR) is 116 cm³/mol. The Hall–Kier alpha value is -4.07. The third kappa shape index (κ3) is 4.58. The summed E-state index contributed by atoms with van der Waals surface area (Å²) in [6.07, 6.45) is 1.78. The second-order valence-corrected chi connectivity index (χ2v) is 8.27. The summed E-state index contributed by atoms with van der Waals surface area (Å²) >= 11 is 0. The van der Waals surface area contributed by atoms with Crippen LogP contribution in [-0.4, -0.2) is 43.3 Å². The lowest BCUT2D eigenvalue weighted by Gasteiger charge is -2.26. The van der Waals surface area contributed by atoms with Crippen LogP contribution in [0.15, 0.2) is 29.3 Å². The number of rotatable bonds is 5. The van der Waals surface area contributed by atoms with Crippen molar-refractivity contribution in [3.63, 3.8) is 0 Å². The van der Waals surface area contributed by atoms with E-state index >= 15 is 0 Å². The molecule has 1 aliphatic heterocycles. The monoisotopic (exact) mass is 441 g/mol. The molecule has 0 amide bonds. The van der Waals surface area contributed by atoms with Crippen molar-refractivity contribution in [2.75, 3.05) is 41.0 Å². The Labute approximate surface area is 178 Å². The van der Waals surface area contributed by atoms with Gasteiger partial charge in [-0.2, -0.15) is 18.9 Å². The molecule has 7 N–H and O–H groups in total. The number of nitrogens with one attached hydrogen (secondary N) is 2. The van der Waals surface area contributed by atoms with Crippen LogP contribution in [0.3, 0.4) is 0 Å². The molecule has 1 unspecified atom stereocenters. The third-order valence-electron chi connectivity index (χ3n) is 4.69. The zero-order valence-electron chi connectivity index (χ0n) is 16.4. The van der Waals surface area contributed by atoms with Crippen LogP contribution in [0.4, 0.5) is 23.0 Å². The zero-order valence-corrected chi connectivity index (χ0v) is 17.2. The molecule has 0 bridgehead atoms. The highest BCUT2D eigenvalue weighted by molar-refractivity contribution is 7.85. The Bertz CT molecular complexity index is 1230. The number of nitriles is 2. The smallest absolute Gasteiger partial charge is 0.266 e. The maximum Gasteiger partial charge on any atom is 0.266 e. The van der Waals surface area contributed by atoms with Gasteiger partial charge in [0.25, 0.3) is 10.1 Å². The van der Waals surface area contributed by atoms with Gasteiger partial charge in [0.15, 0.2) is 6.19 Å². The first-order valence-electron chi connectivity index (χ1n) is 8.89. The first kappa shape index (κ1) is 21.6. The molecule has 2 aromatic rings. The largest absolute Gasteiger partial charge is 0.397 e. The quantitative estimate of drug-likeness (QED) is 0.243. The summed E-state index contributed by atoms with van der Waals surface area (Å²) in [6.45, 7) is 0.102. The van der Waals surface area contributed by atoms with Crippen LogP contribution in [0, 0.1) is 22.8 Å². The number of anilines is 4. The first-order valence-corrected chi connectivity index (χ1v) is 10.5. The summed E-state index contributed by atoms with van der Waals surface area (Å²) in [6, 6.07) is 8.28. The molecule has 0 aliphatic carbocycles. The van der Waals surface area contributed by atoms with Crippen LogP contribution in [0.2, 0.25) is 0 Å². The van der Waals surface area contributed by atoms with E-state index in [0.717, 1.165) is 0 Å². The van der Waals surface area contributed by atoms with E-state index in [-0.39, 0.29) is 35.4 Å². The van der Waals surface area contributed by atoms with Gasteiger partial charge in [-0.25, -0.2) is 9.98 Å². The summed E-state index contributed by atoms with van der Waals surface area (Å²) in [5, 5.41) is 23.6. The average molecular weight is 441 g/mol. The molecular formula is C18H19N9O3S. The highest BCUT2D eigenvalue weighted by atomic mass is 32.2. The van der Waals surface area contributed by atoms with Gasteiger partial charge < -0.3 is 21.7 Å². The van der Waals surface area contributed by atoms with E-state index in [1.165, 1.54) is 0 Å². The Kier molecular flexibility index (Phi) is 5.83. The number of aliphatic imine (C=N–C) groups is 1. The number of aromatic nitrogens is 1. The molecule has 3 rings (SSSR count). The van der Waals surface area contributed by atoms with Crippen LogP contribution in [0.1, 0.15) is 22.7 Å². The van der Waals surface area contributed by atoms with E-state index in [9.17, 15) is 13.7 Å². The second kappa shape index (κ2) is 8.35. The van der Waals surface area contributed by atoms with Crippen LogP contribution in [-0.2, 0) is 10.1 Å². The van der Waals surface area contributed by atoms with Gasteiger partial charge in [0.05, 0.1) is 11.4 Å². The number of hydrogen-bond acceptors (Lipinski definition) is 11. The second-order valence-electron chi connectivity index (χ2n) is 6.70. The molecule has 1 aliphatic rings.